The summed E-state index contributed by atoms with van der Waals surface area (Å²) in [5.41, 5.74) is 4.15. The van der Waals surface area contributed by atoms with Gasteiger partial charge in [-0.1, -0.05) is 41.0 Å². The molecule has 174 valence electrons. The molecule has 0 aliphatic rings. The summed E-state index contributed by atoms with van der Waals surface area (Å²) in [6, 6.07) is 6.81. The Bertz CT molecular complexity index is 918. The third kappa shape index (κ3) is 5.81. The monoisotopic (exact) mass is 440 g/mol. The molecule has 4 N–H and O–H groups in total. The van der Waals surface area contributed by atoms with E-state index in [0.29, 0.717) is 35.3 Å². The number of amides is 2. The molecule has 0 bridgehead atoms. The molecular formula is C26H36N2O4. The summed E-state index contributed by atoms with van der Waals surface area (Å²) in [5, 5.41) is 26.0. The van der Waals surface area contributed by atoms with Crippen LogP contribution in [0.25, 0.3) is 0 Å². The van der Waals surface area contributed by atoms with E-state index in [1.165, 1.54) is 0 Å². The Morgan fingerprint density at radius 1 is 0.781 bits per heavy atom. The van der Waals surface area contributed by atoms with Gasteiger partial charge in [-0.15, -0.1) is 0 Å². The van der Waals surface area contributed by atoms with Crippen LogP contribution in [0.2, 0.25) is 0 Å². The van der Waals surface area contributed by atoms with Crippen LogP contribution < -0.4 is 10.6 Å². The number of rotatable bonds is 8. The third-order valence-corrected chi connectivity index (χ3v) is 5.71. The van der Waals surface area contributed by atoms with Gasteiger partial charge in [0.05, 0.1) is 0 Å². The lowest BCUT2D eigenvalue weighted by molar-refractivity contribution is -0.129. The maximum Gasteiger partial charge on any atom is 0.236 e. The molecule has 2 amide bonds. The Labute approximate surface area is 191 Å². The highest BCUT2D eigenvalue weighted by Gasteiger charge is 2.28. The fourth-order valence-corrected chi connectivity index (χ4v) is 3.71. The lowest BCUT2D eigenvalue weighted by atomic mass is 9.96. The molecule has 2 rings (SSSR count). The van der Waals surface area contributed by atoms with Crippen LogP contribution in [0.3, 0.4) is 0 Å². The number of carbonyl (C=O) groups is 2. The zero-order chi connectivity index (χ0) is 24.2. The van der Waals surface area contributed by atoms with Crippen LogP contribution in [0.5, 0.6) is 11.5 Å². The van der Waals surface area contributed by atoms with Crippen molar-refractivity contribution in [2.24, 2.45) is 5.92 Å². The number of aryl methyl sites for hydroxylation is 2. The fourth-order valence-electron chi connectivity index (χ4n) is 3.71. The molecule has 0 aliphatic heterocycles. The Hall–Kier alpha value is -3.02. The Morgan fingerprint density at radius 2 is 1.16 bits per heavy atom. The smallest absolute Gasteiger partial charge is 0.236 e. The van der Waals surface area contributed by atoms with Gasteiger partial charge in [-0.05, 0) is 78.6 Å². The maximum absolute atomic E-state index is 13.2. The number of hydrogen-bond donors (Lipinski definition) is 4. The summed E-state index contributed by atoms with van der Waals surface area (Å²) in [7, 11) is 0. The third-order valence-electron chi connectivity index (χ3n) is 5.71. The first-order valence-electron chi connectivity index (χ1n) is 11.2. The SMILES string of the molecule is CCCC(C(=O)Nc1cc(C)c(O)cc1C(C)C)C(=O)Nc1cc(C)c(O)cc1C(C)C. The van der Waals surface area contributed by atoms with E-state index in [1.807, 2.05) is 34.6 Å². The van der Waals surface area contributed by atoms with E-state index in [9.17, 15) is 19.8 Å². The van der Waals surface area contributed by atoms with Crippen LogP contribution in [0.15, 0.2) is 24.3 Å². The van der Waals surface area contributed by atoms with Gasteiger partial charge in [0, 0.05) is 11.4 Å². The van der Waals surface area contributed by atoms with Crippen molar-refractivity contribution in [3.05, 3.63) is 46.5 Å². The van der Waals surface area contributed by atoms with E-state index < -0.39 is 5.92 Å². The molecule has 2 aromatic carbocycles. The number of phenols is 2. The average Bonchev–Trinajstić information content (AvgIpc) is 2.70. The molecule has 0 heterocycles. The second-order valence-electron chi connectivity index (χ2n) is 9.08. The molecule has 0 aromatic heterocycles. The minimum atomic E-state index is -0.872. The molecule has 0 radical (unpaired) electrons. The van der Waals surface area contributed by atoms with E-state index in [2.05, 4.69) is 10.6 Å². The zero-order valence-corrected chi connectivity index (χ0v) is 20.2. The van der Waals surface area contributed by atoms with E-state index in [0.717, 1.165) is 11.1 Å². The van der Waals surface area contributed by atoms with Gasteiger partial charge in [-0.25, -0.2) is 0 Å². The molecule has 6 heteroatoms. The first-order valence-corrected chi connectivity index (χ1v) is 11.2. The maximum atomic E-state index is 13.2. The molecule has 0 saturated heterocycles. The molecule has 0 aliphatic carbocycles. The van der Waals surface area contributed by atoms with Crippen LogP contribution in [0.1, 0.15) is 81.5 Å². The summed E-state index contributed by atoms with van der Waals surface area (Å²) in [4.78, 5) is 26.3. The molecular weight excluding hydrogens is 404 g/mol. The number of phenolic OH excluding ortho intramolecular Hbond substituents is 2. The molecule has 0 atom stereocenters. The average molecular weight is 441 g/mol. The molecule has 6 nitrogen and oxygen atoms in total. The molecule has 0 unspecified atom stereocenters. The second kappa shape index (κ2) is 10.5. The Balaban J connectivity index is 2.33. The van der Waals surface area contributed by atoms with Gasteiger partial charge in [0.1, 0.15) is 17.4 Å². The zero-order valence-electron chi connectivity index (χ0n) is 20.2. The van der Waals surface area contributed by atoms with Crippen LogP contribution in [0.4, 0.5) is 11.4 Å². The van der Waals surface area contributed by atoms with E-state index in [4.69, 9.17) is 0 Å². The van der Waals surface area contributed by atoms with Gasteiger partial charge in [-0.3, -0.25) is 9.59 Å². The highest BCUT2D eigenvalue weighted by atomic mass is 16.3. The normalized spacial score (nSPS) is 11.3. The summed E-state index contributed by atoms with van der Waals surface area (Å²) >= 11 is 0. The molecule has 0 spiro atoms. The van der Waals surface area contributed by atoms with Crippen molar-refractivity contribution in [1.82, 2.24) is 0 Å². The van der Waals surface area contributed by atoms with Gasteiger partial charge in [0.15, 0.2) is 0 Å². The minimum absolute atomic E-state index is 0.0869. The van der Waals surface area contributed by atoms with Gasteiger partial charge in [0.2, 0.25) is 11.8 Å². The minimum Gasteiger partial charge on any atom is -0.508 e. The summed E-state index contributed by atoms with van der Waals surface area (Å²) < 4.78 is 0. The molecule has 2 aromatic rings. The van der Waals surface area contributed by atoms with Crippen molar-refractivity contribution in [2.75, 3.05) is 10.6 Å². The van der Waals surface area contributed by atoms with E-state index in [1.54, 1.807) is 38.1 Å². The summed E-state index contributed by atoms with van der Waals surface area (Å²) in [6.45, 7) is 13.4. The summed E-state index contributed by atoms with van der Waals surface area (Å²) in [5.74, 6) is -1.09. The van der Waals surface area contributed by atoms with Crippen LogP contribution in [-0.2, 0) is 9.59 Å². The van der Waals surface area contributed by atoms with E-state index in [-0.39, 0.29) is 35.1 Å². The van der Waals surface area contributed by atoms with Gasteiger partial charge < -0.3 is 20.8 Å². The van der Waals surface area contributed by atoms with Gasteiger partial charge >= 0.3 is 0 Å². The van der Waals surface area contributed by atoms with Crippen molar-refractivity contribution in [1.29, 1.82) is 0 Å². The number of anilines is 2. The lowest BCUT2D eigenvalue weighted by Crippen LogP contribution is -2.34. The Kier molecular flexibility index (Phi) is 8.31. The predicted octanol–water partition coefficient (Wildman–Crippen LogP) is 5.95. The molecule has 0 saturated carbocycles. The number of aromatic hydroxyl groups is 2. The first-order chi connectivity index (χ1) is 15.0. The molecule has 0 fully saturated rings. The quantitative estimate of drug-likeness (QED) is 0.301. The van der Waals surface area contributed by atoms with E-state index >= 15 is 0 Å². The standard InChI is InChI=1S/C26H36N2O4/c1-8-9-18(25(31)27-21-10-16(6)23(29)12-19(21)14(2)3)26(32)28-22-11-17(7)24(30)13-20(22)15(4)5/h10-15,18,29-30H,8-9H2,1-7H3,(H,27,31)(H,28,32). The topological polar surface area (TPSA) is 98.7 Å². The number of benzene rings is 2. The number of hydrogen-bond acceptors (Lipinski definition) is 4. The Morgan fingerprint density at radius 3 is 1.47 bits per heavy atom. The van der Waals surface area contributed by atoms with Crippen molar-refractivity contribution in [3.8, 4) is 11.5 Å². The van der Waals surface area contributed by atoms with Crippen LogP contribution >= 0.6 is 0 Å². The van der Waals surface area contributed by atoms with Crippen molar-refractivity contribution < 1.29 is 19.8 Å². The summed E-state index contributed by atoms with van der Waals surface area (Å²) in [6.07, 6.45) is 1.07. The molecule has 32 heavy (non-hydrogen) atoms. The fraction of sp³-hybridized carbons (Fsp3) is 0.462. The van der Waals surface area contributed by atoms with Crippen molar-refractivity contribution in [2.45, 2.75) is 73.1 Å². The van der Waals surface area contributed by atoms with Gasteiger partial charge in [-0.2, -0.15) is 0 Å². The number of carbonyl (C=O) groups excluding carboxylic acids is 2. The second-order valence-corrected chi connectivity index (χ2v) is 9.08. The van der Waals surface area contributed by atoms with Crippen molar-refractivity contribution in [3.63, 3.8) is 0 Å². The lowest BCUT2D eigenvalue weighted by Gasteiger charge is -2.21. The largest absolute Gasteiger partial charge is 0.508 e. The van der Waals surface area contributed by atoms with Crippen LogP contribution in [-0.4, -0.2) is 22.0 Å². The number of nitrogens with one attached hydrogen (secondary N) is 2. The highest BCUT2D eigenvalue weighted by Crippen LogP contribution is 2.33. The predicted molar refractivity (Wildman–Crippen MR) is 130 cm³/mol. The van der Waals surface area contributed by atoms with Gasteiger partial charge in [0.25, 0.3) is 0 Å². The first kappa shape index (κ1) is 25.2. The highest BCUT2D eigenvalue weighted by molar-refractivity contribution is 6.11. The van der Waals surface area contributed by atoms with Crippen LogP contribution in [0, 0.1) is 19.8 Å². The van der Waals surface area contributed by atoms with Crippen molar-refractivity contribution >= 4 is 23.2 Å².